The fraction of sp³-hybridized carbons (Fsp3) is 0.154. The molecule has 0 N–H and O–H groups in total. The van der Waals surface area contributed by atoms with Crippen molar-refractivity contribution in [2.24, 2.45) is 0 Å². The Kier molecular flexibility index (Phi) is 7.65. The first kappa shape index (κ1) is 24.9. The summed E-state index contributed by atoms with van der Waals surface area (Å²) in [6.45, 7) is 2.19. The molecule has 0 atom stereocenters. The number of carbonyl (C=O) groups excluding carboxylic acids is 2. The summed E-state index contributed by atoms with van der Waals surface area (Å²) >= 11 is 0.740. The van der Waals surface area contributed by atoms with Crippen molar-refractivity contribution in [1.82, 2.24) is 4.90 Å². The maximum absolute atomic E-state index is 13.2. The van der Waals surface area contributed by atoms with Gasteiger partial charge in [0.15, 0.2) is 0 Å². The molecule has 8 nitrogen and oxygen atoms in total. The number of amides is 2. The molecule has 1 aliphatic heterocycles. The van der Waals surface area contributed by atoms with Crippen molar-refractivity contribution in [2.75, 3.05) is 13.2 Å². The van der Waals surface area contributed by atoms with Crippen molar-refractivity contribution in [3.8, 4) is 11.5 Å². The molecule has 0 aromatic heterocycles. The number of rotatable bonds is 9. The van der Waals surface area contributed by atoms with E-state index in [0.717, 1.165) is 22.2 Å². The molecule has 1 heterocycles. The Morgan fingerprint density at radius 1 is 1.06 bits per heavy atom. The molecule has 1 aliphatic rings. The van der Waals surface area contributed by atoms with Gasteiger partial charge in [0.25, 0.3) is 16.8 Å². The zero-order valence-electron chi connectivity index (χ0n) is 19.2. The van der Waals surface area contributed by atoms with Crippen LogP contribution in [0.5, 0.6) is 11.5 Å². The molecule has 0 unspecified atom stereocenters. The van der Waals surface area contributed by atoms with Gasteiger partial charge >= 0.3 is 0 Å². The third-order valence-corrected chi connectivity index (χ3v) is 6.15. The number of hydrogen-bond acceptors (Lipinski definition) is 7. The van der Waals surface area contributed by atoms with Crippen LogP contribution in [-0.2, 0) is 11.4 Å². The lowest BCUT2D eigenvalue weighted by molar-refractivity contribution is -0.384. The number of nitro groups is 1. The number of aryl methyl sites for hydroxylation is 1. The summed E-state index contributed by atoms with van der Waals surface area (Å²) in [5, 5.41) is 10.8. The highest BCUT2D eigenvalue weighted by Gasteiger charge is 2.35. The molecule has 0 saturated carbocycles. The number of ether oxygens (including phenoxy) is 2. The lowest BCUT2D eigenvalue weighted by atomic mass is 10.1. The van der Waals surface area contributed by atoms with Crippen LogP contribution in [0.3, 0.4) is 0 Å². The molecule has 0 bridgehead atoms. The van der Waals surface area contributed by atoms with Crippen molar-refractivity contribution in [2.45, 2.75) is 13.5 Å². The number of halogens is 1. The first-order chi connectivity index (χ1) is 17.3. The third-order valence-electron chi connectivity index (χ3n) is 5.25. The van der Waals surface area contributed by atoms with E-state index >= 15 is 0 Å². The molecule has 4 rings (SSSR count). The predicted octanol–water partition coefficient (Wildman–Crippen LogP) is 5.74. The minimum absolute atomic E-state index is 0.0544. The molecule has 3 aromatic carbocycles. The Morgan fingerprint density at radius 3 is 2.56 bits per heavy atom. The van der Waals surface area contributed by atoms with E-state index in [1.165, 1.54) is 36.4 Å². The SMILES string of the molecule is Cc1cccc(OCCN2C(=O)S/C(=C\c3cc([N+](=O)[O-])ccc3OCc3ccc(F)cc3)C2=O)c1. The smallest absolute Gasteiger partial charge is 0.293 e. The molecule has 0 aliphatic carbocycles. The molecule has 36 heavy (non-hydrogen) atoms. The maximum atomic E-state index is 13.2. The number of carbonyl (C=O) groups is 2. The van der Waals surface area contributed by atoms with E-state index in [2.05, 4.69) is 0 Å². The van der Waals surface area contributed by atoms with Gasteiger partial charge in [-0.25, -0.2) is 4.39 Å². The van der Waals surface area contributed by atoms with Gasteiger partial charge in [0.2, 0.25) is 0 Å². The Bertz CT molecular complexity index is 1340. The number of nitrogens with zero attached hydrogens (tertiary/aromatic N) is 2. The van der Waals surface area contributed by atoms with Gasteiger partial charge < -0.3 is 9.47 Å². The number of nitro benzene ring substituents is 1. The maximum Gasteiger partial charge on any atom is 0.293 e. The van der Waals surface area contributed by atoms with Crippen LogP contribution in [-0.4, -0.2) is 34.1 Å². The normalized spacial score (nSPS) is 14.4. The highest BCUT2D eigenvalue weighted by molar-refractivity contribution is 8.18. The number of non-ortho nitro benzene ring substituents is 1. The lowest BCUT2D eigenvalue weighted by Crippen LogP contribution is -2.32. The second-order valence-electron chi connectivity index (χ2n) is 7.89. The molecule has 1 fully saturated rings. The Morgan fingerprint density at radius 2 is 1.83 bits per heavy atom. The molecule has 184 valence electrons. The van der Waals surface area contributed by atoms with Crippen LogP contribution in [0, 0.1) is 22.9 Å². The topological polar surface area (TPSA) is 99.0 Å². The molecular weight excluding hydrogens is 487 g/mol. The number of thioether (sulfide) groups is 1. The van der Waals surface area contributed by atoms with Crippen LogP contribution in [0.2, 0.25) is 0 Å². The van der Waals surface area contributed by atoms with Gasteiger partial charge in [-0.05, 0) is 66.2 Å². The highest BCUT2D eigenvalue weighted by atomic mass is 32.2. The summed E-state index contributed by atoms with van der Waals surface area (Å²) in [6.07, 6.45) is 1.40. The molecule has 0 radical (unpaired) electrons. The monoisotopic (exact) mass is 508 g/mol. The Labute approximate surface area is 210 Å². The summed E-state index contributed by atoms with van der Waals surface area (Å²) in [5.74, 6) is 0.0140. The predicted molar refractivity (Wildman–Crippen MR) is 133 cm³/mol. The van der Waals surface area contributed by atoms with Crippen molar-refractivity contribution in [1.29, 1.82) is 0 Å². The minimum atomic E-state index is -0.560. The van der Waals surface area contributed by atoms with Crippen LogP contribution in [0.15, 0.2) is 71.6 Å². The Balaban J connectivity index is 1.50. The van der Waals surface area contributed by atoms with Gasteiger partial charge in [-0.3, -0.25) is 24.6 Å². The van der Waals surface area contributed by atoms with E-state index < -0.39 is 16.1 Å². The van der Waals surface area contributed by atoms with Crippen molar-refractivity contribution >= 4 is 34.7 Å². The molecule has 3 aromatic rings. The van der Waals surface area contributed by atoms with E-state index in [4.69, 9.17) is 9.47 Å². The molecule has 2 amide bonds. The molecule has 10 heteroatoms. The van der Waals surface area contributed by atoms with Crippen LogP contribution >= 0.6 is 11.8 Å². The second kappa shape index (κ2) is 11.0. The summed E-state index contributed by atoms with van der Waals surface area (Å²) in [6, 6.07) is 17.1. The van der Waals surface area contributed by atoms with E-state index in [1.54, 1.807) is 18.2 Å². The van der Waals surface area contributed by atoms with Gasteiger partial charge in [0.1, 0.15) is 30.5 Å². The quantitative estimate of drug-likeness (QED) is 0.207. The number of benzene rings is 3. The van der Waals surface area contributed by atoms with Gasteiger partial charge in [0, 0.05) is 17.7 Å². The van der Waals surface area contributed by atoms with Crippen LogP contribution < -0.4 is 9.47 Å². The standard InChI is InChI=1S/C26H21FN2O6S/c1-17-3-2-4-22(13-17)34-12-11-28-25(30)24(36-26(28)31)15-19-14-21(29(32)33)9-10-23(19)35-16-18-5-7-20(27)8-6-18/h2-10,13-15H,11-12,16H2,1H3/b24-15-. The van der Waals surface area contributed by atoms with Gasteiger partial charge in [0.05, 0.1) is 16.4 Å². The summed E-state index contributed by atoms with van der Waals surface area (Å²) < 4.78 is 24.6. The van der Waals surface area contributed by atoms with Gasteiger partial charge in [-0.1, -0.05) is 24.3 Å². The molecular formula is C26H21FN2O6S. The first-order valence-corrected chi connectivity index (χ1v) is 11.7. The fourth-order valence-corrected chi connectivity index (χ4v) is 4.29. The molecule has 1 saturated heterocycles. The van der Waals surface area contributed by atoms with E-state index in [0.29, 0.717) is 11.3 Å². The van der Waals surface area contributed by atoms with E-state index in [9.17, 15) is 24.1 Å². The first-order valence-electron chi connectivity index (χ1n) is 10.9. The van der Waals surface area contributed by atoms with Crippen LogP contribution in [0.25, 0.3) is 6.08 Å². The van der Waals surface area contributed by atoms with Crippen LogP contribution in [0.1, 0.15) is 16.7 Å². The fourth-order valence-electron chi connectivity index (χ4n) is 3.43. The second-order valence-corrected chi connectivity index (χ2v) is 8.89. The Hall–Kier alpha value is -4.18. The largest absolute Gasteiger partial charge is 0.492 e. The van der Waals surface area contributed by atoms with Gasteiger partial charge in [-0.15, -0.1) is 0 Å². The zero-order chi connectivity index (χ0) is 25.7. The van der Waals surface area contributed by atoms with Crippen LogP contribution in [0.4, 0.5) is 14.9 Å². The van der Waals surface area contributed by atoms with Crippen molar-refractivity contribution in [3.05, 3.63) is 104 Å². The number of hydrogen-bond donors (Lipinski definition) is 0. The molecule has 0 spiro atoms. The zero-order valence-corrected chi connectivity index (χ0v) is 20.0. The lowest BCUT2D eigenvalue weighted by Gasteiger charge is -2.13. The summed E-state index contributed by atoms with van der Waals surface area (Å²) in [7, 11) is 0. The highest BCUT2D eigenvalue weighted by Crippen LogP contribution is 2.35. The summed E-state index contributed by atoms with van der Waals surface area (Å²) in [5.41, 5.74) is 1.79. The average molecular weight is 509 g/mol. The average Bonchev–Trinajstić information content (AvgIpc) is 3.11. The van der Waals surface area contributed by atoms with E-state index in [1.807, 2.05) is 25.1 Å². The third kappa shape index (κ3) is 6.08. The van der Waals surface area contributed by atoms with E-state index in [-0.39, 0.29) is 47.5 Å². The summed E-state index contributed by atoms with van der Waals surface area (Å²) in [4.78, 5) is 37.3. The van der Waals surface area contributed by atoms with Gasteiger partial charge in [-0.2, -0.15) is 0 Å². The van der Waals surface area contributed by atoms with Crippen molar-refractivity contribution in [3.63, 3.8) is 0 Å². The minimum Gasteiger partial charge on any atom is -0.492 e. The number of imide groups is 1. The van der Waals surface area contributed by atoms with Crippen molar-refractivity contribution < 1.29 is 28.4 Å².